The van der Waals surface area contributed by atoms with Crippen LogP contribution in [0.25, 0.3) is 0 Å². The van der Waals surface area contributed by atoms with Gasteiger partial charge in [-0.25, -0.2) is 0 Å². The van der Waals surface area contributed by atoms with E-state index in [-0.39, 0.29) is 0 Å². The van der Waals surface area contributed by atoms with Crippen LogP contribution in [0, 0.1) is 5.92 Å². The maximum Gasteiger partial charge on any atom is 0.205 e. The van der Waals surface area contributed by atoms with Gasteiger partial charge in [0.1, 0.15) is 5.01 Å². The van der Waals surface area contributed by atoms with E-state index in [1.807, 2.05) is 12.1 Å². The molecule has 17 heavy (non-hydrogen) atoms. The molecule has 0 saturated heterocycles. The summed E-state index contributed by atoms with van der Waals surface area (Å²) in [7, 11) is 0. The number of hydrogen-bond donors (Lipinski definition) is 1. The maximum absolute atomic E-state index is 5.87. The second kappa shape index (κ2) is 5.80. The van der Waals surface area contributed by atoms with Crippen molar-refractivity contribution in [3.63, 3.8) is 0 Å². The van der Waals surface area contributed by atoms with Gasteiger partial charge < -0.3 is 5.32 Å². The molecule has 0 spiro atoms. The molecular weight excluding hydrogens is 274 g/mol. The number of thiophene rings is 1. The summed E-state index contributed by atoms with van der Waals surface area (Å²) >= 11 is 9.08. The van der Waals surface area contributed by atoms with Crippen molar-refractivity contribution in [3.05, 3.63) is 26.4 Å². The Bertz CT molecular complexity index is 479. The molecule has 0 unspecified atom stereocenters. The van der Waals surface area contributed by atoms with E-state index in [9.17, 15) is 0 Å². The smallest absolute Gasteiger partial charge is 0.205 e. The lowest BCUT2D eigenvalue weighted by Gasteiger charge is -1.98. The Balaban J connectivity index is 1.89. The summed E-state index contributed by atoms with van der Waals surface area (Å²) in [6.45, 7) is 5.12. The topological polar surface area (TPSA) is 37.8 Å². The number of anilines is 1. The molecule has 92 valence electrons. The molecule has 0 aliphatic rings. The summed E-state index contributed by atoms with van der Waals surface area (Å²) in [5.74, 6) is 0.618. The summed E-state index contributed by atoms with van der Waals surface area (Å²) < 4.78 is 0.819. The number of halogens is 1. The Hall–Kier alpha value is -0.650. The van der Waals surface area contributed by atoms with Crippen molar-refractivity contribution < 1.29 is 0 Å². The predicted octanol–water partition coefficient (Wildman–Crippen LogP) is 4.06. The zero-order valence-electron chi connectivity index (χ0n) is 9.74. The third-order valence-electron chi connectivity index (χ3n) is 2.09. The highest BCUT2D eigenvalue weighted by atomic mass is 35.5. The van der Waals surface area contributed by atoms with E-state index >= 15 is 0 Å². The van der Waals surface area contributed by atoms with Crippen LogP contribution in [-0.2, 0) is 13.0 Å². The Kier molecular flexibility index (Phi) is 4.36. The van der Waals surface area contributed by atoms with E-state index in [0.29, 0.717) is 5.92 Å². The van der Waals surface area contributed by atoms with Crippen molar-refractivity contribution in [1.29, 1.82) is 0 Å². The minimum atomic E-state index is 0.618. The highest BCUT2D eigenvalue weighted by Gasteiger charge is 2.06. The first-order valence-electron chi connectivity index (χ1n) is 5.44. The van der Waals surface area contributed by atoms with Crippen LogP contribution in [0.4, 0.5) is 5.13 Å². The summed E-state index contributed by atoms with van der Waals surface area (Å²) in [6.07, 6.45) is 0.990. The molecule has 0 fully saturated rings. The number of aromatic nitrogens is 2. The quantitative estimate of drug-likeness (QED) is 0.901. The molecule has 0 aromatic carbocycles. The summed E-state index contributed by atoms with van der Waals surface area (Å²) in [5, 5.41) is 13.5. The fourth-order valence-corrected chi connectivity index (χ4v) is 3.34. The third kappa shape index (κ3) is 3.94. The van der Waals surface area contributed by atoms with Crippen LogP contribution < -0.4 is 5.32 Å². The van der Waals surface area contributed by atoms with E-state index in [1.54, 1.807) is 22.7 Å². The molecule has 1 N–H and O–H groups in total. The van der Waals surface area contributed by atoms with Crippen molar-refractivity contribution in [2.45, 2.75) is 26.8 Å². The fourth-order valence-electron chi connectivity index (χ4n) is 1.37. The van der Waals surface area contributed by atoms with E-state index in [2.05, 4.69) is 29.4 Å². The Morgan fingerprint density at radius 1 is 1.29 bits per heavy atom. The minimum Gasteiger partial charge on any atom is -0.355 e. The third-order valence-corrected chi connectivity index (χ3v) is 4.23. The monoisotopic (exact) mass is 287 g/mol. The zero-order valence-corrected chi connectivity index (χ0v) is 12.1. The Morgan fingerprint density at radius 3 is 2.76 bits per heavy atom. The normalized spacial score (nSPS) is 11.1. The number of rotatable bonds is 5. The second-order valence-corrected chi connectivity index (χ2v) is 7.02. The lowest BCUT2D eigenvalue weighted by molar-refractivity contribution is 0.640. The van der Waals surface area contributed by atoms with Gasteiger partial charge in [0.15, 0.2) is 0 Å². The molecule has 0 aliphatic carbocycles. The highest BCUT2D eigenvalue weighted by Crippen LogP contribution is 2.23. The molecule has 0 radical (unpaired) electrons. The number of hydrogen-bond acceptors (Lipinski definition) is 5. The predicted molar refractivity (Wildman–Crippen MR) is 75.1 cm³/mol. The molecule has 0 amide bonds. The molecule has 2 aromatic rings. The molecule has 0 aliphatic heterocycles. The largest absolute Gasteiger partial charge is 0.355 e. The Morgan fingerprint density at radius 2 is 2.12 bits per heavy atom. The van der Waals surface area contributed by atoms with Crippen LogP contribution in [0.15, 0.2) is 12.1 Å². The van der Waals surface area contributed by atoms with Crippen LogP contribution in [0.1, 0.15) is 23.7 Å². The van der Waals surface area contributed by atoms with Gasteiger partial charge in [0, 0.05) is 11.3 Å². The lowest BCUT2D eigenvalue weighted by Crippen LogP contribution is -1.96. The van der Waals surface area contributed by atoms with Gasteiger partial charge in [-0.1, -0.05) is 36.8 Å². The van der Waals surface area contributed by atoms with Crippen molar-refractivity contribution in [3.8, 4) is 0 Å². The Labute approximate surface area is 114 Å². The molecule has 2 rings (SSSR count). The second-order valence-electron chi connectivity index (χ2n) is 4.16. The van der Waals surface area contributed by atoms with Gasteiger partial charge in [-0.3, -0.25) is 0 Å². The first-order valence-corrected chi connectivity index (χ1v) is 7.45. The van der Waals surface area contributed by atoms with E-state index in [1.165, 1.54) is 4.88 Å². The molecular formula is C11H14ClN3S2. The van der Waals surface area contributed by atoms with E-state index < -0.39 is 0 Å². The fraction of sp³-hybridized carbons (Fsp3) is 0.455. The minimum absolute atomic E-state index is 0.618. The van der Waals surface area contributed by atoms with Gasteiger partial charge in [0.2, 0.25) is 5.13 Å². The van der Waals surface area contributed by atoms with Gasteiger partial charge in [0.05, 0.1) is 10.9 Å². The zero-order chi connectivity index (χ0) is 12.3. The average Bonchev–Trinajstić information content (AvgIpc) is 2.84. The van der Waals surface area contributed by atoms with Crippen molar-refractivity contribution in [1.82, 2.24) is 10.2 Å². The van der Waals surface area contributed by atoms with Crippen molar-refractivity contribution in [2.24, 2.45) is 5.92 Å². The van der Waals surface area contributed by atoms with Gasteiger partial charge in [-0.05, 0) is 18.1 Å². The molecule has 6 heteroatoms. The SMILES string of the molecule is CC(C)Cc1nnc(NCc2ccc(Cl)s2)s1. The van der Waals surface area contributed by atoms with Crippen molar-refractivity contribution in [2.75, 3.05) is 5.32 Å². The molecule has 0 saturated carbocycles. The van der Waals surface area contributed by atoms with Crippen molar-refractivity contribution >= 4 is 39.4 Å². The van der Waals surface area contributed by atoms with E-state index in [4.69, 9.17) is 11.6 Å². The maximum atomic E-state index is 5.87. The lowest BCUT2D eigenvalue weighted by atomic mass is 10.1. The molecule has 2 heterocycles. The van der Waals surface area contributed by atoms with Gasteiger partial charge in [0.25, 0.3) is 0 Å². The van der Waals surface area contributed by atoms with Crippen LogP contribution in [0.3, 0.4) is 0 Å². The molecule has 0 bridgehead atoms. The average molecular weight is 288 g/mol. The summed E-state index contributed by atoms with van der Waals surface area (Å²) in [4.78, 5) is 1.20. The van der Waals surface area contributed by atoms with E-state index in [0.717, 1.165) is 27.4 Å². The first-order chi connectivity index (χ1) is 8.13. The summed E-state index contributed by atoms with van der Waals surface area (Å²) in [5.41, 5.74) is 0. The van der Waals surface area contributed by atoms with Gasteiger partial charge in [-0.15, -0.1) is 21.5 Å². The van der Waals surface area contributed by atoms with Gasteiger partial charge >= 0.3 is 0 Å². The van der Waals surface area contributed by atoms with Crippen LogP contribution in [0.5, 0.6) is 0 Å². The first kappa shape index (κ1) is 12.8. The molecule has 2 aromatic heterocycles. The number of nitrogens with one attached hydrogen (secondary N) is 1. The van der Waals surface area contributed by atoms with Gasteiger partial charge in [-0.2, -0.15) is 0 Å². The number of nitrogens with zero attached hydrogens (tertiary/aromatic N) is 2. The standard InChI is InChI=1S/C11H14ClN3S2/c1-7(2)5-10-14-15-11(17-10)13-6-8-3-4-9(12)16-8/h3-4,7H,5-6H2,1-2H3,(H,13,15). The van der Waals surface area contributed by atoms with Crippen LogP contribution in [-0.4, -0.2) is 10.2 Å². The van der Waals surface area contributed by atoms with Crippen LogP contribution in [0.2, 0.25) is 4.34 Å². The molecule has 3 nitrogen and oxygen atoms in total. The summed E-state index contributed by atoms with van der Waals surface area (Å²) in [6, 6.07) is 3.93. The molecule has 0 atom stereocenters. The van der Waals surface area contributed by atoms with Crippen LogP contribution >= 0.6 is 34.3 Å². The highest BCUT2D eigenvalue weighted by molar-refractivity contribution is 7.16.